The molecule has 1 heterocycles. The van der Waals surface area contributed by atoms with E-state index in [1.54, 1.807) is 6.07 Å². The van der Waals surface area contributed by atoms with E-state index < -0.39 is 18.3 Å². The van der Waals surface area contributed by atoms with E-state index in [0.717, 1.165) is 22.3 Å². The number of nitrogens with two attached hydrogens (primary N) is 1. The summed E-state index contributed by atoms with van der Waals surface area (Å²) in [7, 11) is 0. The molecule has 0 saturated carbocycles. The first-order valence-electron chi connectivity index (χ1n) is 9.81. The lowest BCUT2D eigenvalue weighted by molar-refractivity contribution is 0.0188. The number of ether oxygens (including phenoxy) is 1. The van der Waals surface area contributed by atoms with Crippen molar-refractivity contribution >= 4 is 27.8 Å². The molecule has 0 radical (unpaired) electrons. The number of nitrogens with one attached hydrogen (secondary N) is 1. The Bertz CT molecular complexity index is 1060. The van der Waals surface area contributed by atoms with Crippen molar-refractivity contribution in [1.29, 1.82) is 0 Å². The van der Waals surface area contributed by atoms with Crippen LogP contribution in [0.1, 0.15) is 28.7 Å². The molecule has 2 aromatic carbocycles. The lowest BCUT2D eigenvalue weighted by Gasteiger charge is -2.20. The number of anilines is 1. The number of hydrogen-bond acceptors (Lipinski definition) is 6. The smallest absolute Gasteiger partial charge is 0.407 e. The predicted octanol–water partition coefficient (Wildman–Crippen LogP) is 3.36. The Morgan fingerprint density at radius 1 is 1.13 bits per heavy atom. The predicted molar refractivity (Wildman–Crippen MR) is 120 cm³/mol. The Labute approximate surface area is 188 Å². The SMILES string of the molecule is Nc1ncc(Br)cc1C(O)C(O)CNC(=O)OCC1c2ccccc2-c2ccccc21. The summed E-state index contributed by atoms with van der Waals surface area (Å²) in [5.41, 5.74) is 10.6. The third-order valence-corrected chi connectivity index (χ3v) is 5.83. The molecule has 4 rings (SSSR count). The van der Waals surface area contributed by atoms with Crippen molar-refractivity contribution in [2.24, 2.45) is 0 Å². The summed E-state index contributed by atoms with van der Waals surface area (Å²) in [5, 5.41) is 23.1. The van der Waals surface area contributed by atoms with Crippen molar-refractivity contribution in [1.82, 2.24) is 10.3 Å². The van der Waals surface area contributed by atoms with E-state index in [0.29, 0.717) is 4.47 Å². The number of aromatic nitrogens is 1. The van der Waals surface area contributed by atoms with Gasteiger partial charge in [0.1, 0.15) is 24.6 Å². The number of benzene rings is 2. The van der Waals surface area contributed by atoms with Crippen molar-refractivity contribution in [2.75, 3.05) is 18.9 Å². The first-order valence-corrected chi connectivity index (χ1v) is 10.6. The molecule has 8 heteroatoms. The monoisotopic (exact) mass is 483 g/mol. The second kappa shape index (κ2) is 9.05. The van der Waals surface area contributed by atoms with Gasteiger partial charge in [-0.25, -0.2) is 9.78 Å². The average Bonchev–Trinajstić information content (AvgIpc) is 3.11. The van der Waals surface area contributed by atoms with Gasteiger partial charge in [-0.05, 0) is 44.3 Å². The van der Waals surface area contributed by atoms with Gasteiger partial charge in [0.05, 0.1) is 0 Å². The average molecular weight is 484 g/mol. The van der Waals surface area contributed by atoms with Crippen molar-refractivity contribution in [3.8, 4) is 11.1 Å². The topological polar surface area (TPSA) is 118 Å². The Morgan fingerprint density at radius 3 is 2.39 bits per heavy atom. The van der Waals surface area contributed by atoms with Gasteiger partial charge in [0, 0.05) is 28.7 Å². The van der Waals surface area contributed by atoms with Crippen molar-refractivity contribution in [3.05, 3.63) is 82.0 Å². The summed E-state index contributed by atoms with van der Waals surface area (Å²) in [6, 6.07) is 17.7. The number of carbonyl (C=O) groups is 1. The minimum atomic E-state index is -1.31. The van der Waals surface area contributed by atoms with E-state index in [9.17, 15) is 15.0 Å². The van der Waals surface area contributed by atoms with Crippen LogP contribution >= 0.6 is 15.9 Å². The maximum Gasteiger partial charge on any atom is 0.407 e. The highest BCUT2D eigenvalue weighted by Crippen LogP contribution is 2.44. The summed E-state index contributed by atoms with van der Waals surface area (Å²) >= 11 is 3.25. The number of fused-ring (bicyclic) bond motifs is 3. The van der Waals surface area contributed by atoms with Crippen molar-refractivity contribution in [3.63, 3.8) is 0 Å². The van der Waals surface area contributed by atoms with E-state index >= 15 is 0 Å². The molecule has 31 heavy (non-hydrogen) atoms. The Hall–Kier alpha value is -2.94. The van der Waals surface area contributed by atoms with E-state index in [1.165, 1.54) is 6.20 Å². The summed E-state index contributed by atoms with van der Waals surface area (Å²) in [4.78, 5) is 16.2. The third kappa shape index (κ3) is 4.41. The molecule has 3 aromatic rings. The number of hydrogen-bond donors (Lipinski definition) is 4. The minimum absolute atomic E-state index is 0.0544. The molecular formula is C23H22BrN3O4. The molecule has 0 spiro atoms. The van der Waals surface area contributed by atoms with Crippen LogP contribution in [0.4, 0.5) is 10.6 Å². The molecule has 0 bridgehead atoms. The van der Waals surface area contributed by atoms with Gasteiger partial charge in [-0.1, -0.05) is 48.5 Å². The normalized spacial score (nSPS) is 14.4. The largest absolute Gasteiger partial charge is 0.449 e. The highest BCUT2D eigenvalue weighted by atomic mass is 79.9. The standard InChI is InChI=1S/C23H22BrN3O4/c24-13-9-18(22(25)26-10-13)21(29)20(28)11-27-23(30)31-12-19-16-7-3-1-5-14(16)15-6-2-4-8-17(15)19/h1-10,19-21,28-29H,11-12H2,(H2,25,26)(H,27,30). The molecular weight excluding hydrogens is 462 g/mol. The fourth-order valence-electron chi connectivity index (χ4n) is 3.86. The van der Waals surface area contributed by atoms with Crippen LogP contribution in [0.5, 0.6) is 0 Å². The first-order chi connectivity index (χ1) is 15.0. The van der Waals surface area contributed by atoms with Crippen LogP contribution in [0, 0.1) is 0 Å². The number of aliphatic hydroxyl groups excluding tert-OH is 2. The zero-order valence-corrected chi connectivity index (χ0v) is 18.1. The van der Waals surface area contributed by atoms with Gasteiger partial charge in [-0.3, -0.25) is 0 Å². The number of pyridine rings is 1. The molecule has 1 aliphatic rings. The lowest BCUT2D eigenvalue weighted by atomic mass is 9.98. The van der Waals surface area contributed by atoms with Gasteiger partial charge >= 0.3 is 6.09 Å². The summed E-state index contributed by atoms with van der Waals surface area (Å²) < 4.78 is 6.05. The molecule has 1 aliphatic carbocycles. The molecule has 2 unspecified atom stereocenters. The number of nitrogen functional groups attached to an aromatic ring is 1. The van der Waals surface area contributed by atoms with Crippen LogP contribution in [0.25, 0.3) is 11.1 Å². The maximum atomic E-state index is 12.2. The Kier molecular flexibility index (Phi) is 6.22. The van der Waals surface area contributed by atoms with Crippen LogP contribution < -0.4 is 11.1 Å². The number of carbonyl (C=O) groups excluding carboxylic acids is 1. The summed E-state index contributed by atoms with van der Waals surface area (Å²) in [6.07, 6.45) is -1.77. The van der Waals surface area contributed by atoms with Crippen LogP contribution in [0.15, 0.2) is 65.3 Å². The summed E-state index contributed by atoms with van der Waals surface area (Å²) in [6.45, 7) is -0.0369. The molecule has 160 valence electrons. The van der Waals surface area contributed by atoms with E-state index in [2.05, 4.69) is 38.4 Å². The number of amides is 1. The zero-order chi connectivity index (χ0) is 22.0. The highest BCUT2D eigenvalue weighted by molar-refractivity contribution is 9.10. The van der Waals surface area contributed by atoms with Gasteiger partial charge in [0.15, 0.2) is 0 Å². The lowest BCUT2D eigenvalue weighted by Crippen LogP contribution is -2.36. The number of aliphatic hydroxyl groups is 2. The number of rotatable bonds is 6. The molecule has 0 fully saturated rings. The Morgan fingerprint density at radius 2 is 1.74 bits per heavy atom. The molecule has 1 aromatic heterocycles. The van der Waals surface area contributed by atoms with E-state index in [4.69, 9.17) is 10.5 Å². The number of alkyl carbamates (subject to hydrolysis) is 1. The number of nitrogens with zero attached hydrogens (tertiary/aromatic N) is 1. The van der Waals surface area contributed by atoms with Gasteiger partial charge in [0.2, 0.25) is 0 Å². The second-order valence-electron chi connectivity index (χ2n) is 7.35. The quantitative estimate of drug-likeness (QED) is 0.426. The fourth-order valence-corrected chi connectivity index (χ4v) is 4.21. The molecule has 1 amide bonds. The van der Waals surface area contributed by atoms with Crippen LogP contribution in [0.3, 0.4) is 0 Å². The minimum Gasteiger partial charge on any atom is -0.449 e. The van der Waals surface area contributed by atoms with Gasteiger partial charge < -0.3 is 26.0 Å². The molecule has 5 N–H and O–H groups in total. The van der Waals surface area contributed by atoms with Crippen LogP contribution in [-0.4, -0.2) is 40.5 Å². The van der Waals surface area contributed by atoms with Gasteiger partial charge in [-0.2, -0.15) is 0 Å². The Balaban J connectivity index is 1.35. The number of halogens is 1. The van der Waals surface area contributed by atoms with Crippen LogP contribution in [-0.2, 0) is 4.74 Å². The van der Waals surface area contributed by atoms with Gasteiger partial charge in [-0.15, -0.1) is 0 Å². The highest BCUT2D eigenvalue weighted by Gasteiger charge is 2.29. The van der Waals surface area contributed by atoms with Crippen molar-refractivity contribution < 1.29 is 19.7 Å². The van der Waals surface area contributed by atoms with E-state index in [1.807, 2.05) is 36.4 Å². The molecule has 7 nitrogen and oxygen atoms in total. The first kappa shape index (κ1) is 21.3. The summed E-state index contributed by atoms with van der Waals surface area (Å²) in [5.74, 6) is 0.0529. The zero-order valence-electron chi connectivity index (χ0n) is 16.5. The fraction of sp³-hybridized carbons (Fsp3) is 0.217. The van der Waals surface area contributed by atoms with Crippen molar-refractivity contribution in [2.45, 2.75) is 18.1 Å². The third-order valence-electron chi connectivity index (χ3n) is 5.40. The van der Waals surface area contributed by atoms with Gasteiger partial charge in [0.25, 0.3) is 0 Å². The second-order valence-corrected chi connectivity index (χ2v) is 8.26. The molecule has 0 aliphatic heterocycles. The molecule has 0 saturated heterocycles. The van der Waals surface area contributed by atoms with E-state index in [-0.39, 0.29) is 30.5 Å². The molecule has 2 atom stereocenters. The maximum absolute atomic E-state index is 12.2. The van der Waals surface area contributed by atoms with Crippen LogP contribution in [0.2, 0.25) is 0 Å².